The number of carbonyl (C=O) groups excluding carboxylic acids is 5. The minimum Gasteiger partial charge on any atom is -0.503 e. The van der Waals surface area contributed by atoms with Gasteiger partial charge in [0.1, 0.15) is 5.82 Å². The second-order valence-corrected chi connectivity index (χ2v) is 13.1. The Balaban J connectivity index is 1.49. The van der Waals surface area contributed by atoms with Crippen LogP contribution in [0, 0.1) is 29.5 Å². The number of hydrazine groups is 1. The maximum absolute atomic E-state index is 15.1. The number of nitrogens with one attached hydrogen (secondary N) is 1. The van der Waals surface area contributed by atoms with E-state index in [0.29, 0.717) is 26.6 Å². The number of urea groups is 1. The van der Waals surface area contributed by atoms with E-state index in [2.05, 4.69) is 5.43 Å². The lowest BCUT2D eigenvalue weighted by Crippen LogP contribution is -2.53. The Morgan fingerprint density at radius 2 is 1.69 bits per heavy atom. The highest BCUT2D eigenvalue weighted by molar-refractivity contribution is 6.32. The molecule has 7 rings (SSSR count). The molecular weight excluding hydrogens is 666 g/mol. The first-order valence-electron chi connectivity index (χ1n) is 15.0. The number of ether oxygens (including phenoxy) is 1. The number of fused-ring (bicyclic) bond motifs is 4. The maximum Gasteiger partial charge on any atom is 0.328 e. The summed E-state index contributed by atoms with van der Waals surface area (Å²) in [6, 6.07) is 13.4. The molecule has 0 unspecified atom stereocenters. The van der Waals surface area contributed by atoms with Crippen LogP contribution >= 0.6 is 23.2 Å². The fourth-order valence-corrected chi connectivity index (χ4v) is 8.51. The summed E-state index contributed by atoms with van der Waals surface area (Å²) >= 11 is 12.8. The molecule has 0 aromatic heterocycles. The summed E-state index contributed by atoms with van der Waals surface area (Å²) in [5, 5.41) is 11.8. The number of methoxy groups -OCH3 is 1. The van der Waals surface area contributed by atoms with E-state index in [1.807, 2.05) is 0 Å². The fourth-order valence-electron chi connectivity index (χ4n) is 8.16. The number of phenols is 1. The quantitative estimate of drug-likeness (QED) is 0.251. The number of halogens is 3. The number of nitrogens with two attached hydrogens (primary N) is 1. The lowest BCUT2D eigenvalue weighted by molar-refractivity contribution is -0.139. The van der Waals surface area contributed by atoms with Crippen LogP contribution < -0.4 is 15.9 Å². The van der Waals surface area contributed by atoms with Gasteiger partial charge in [-0.2, -0.15) is 9.91 Å². The zero-order valence-electron chi connectivity index (χ0n) is 25.2. The number of phenolic OH excluding ortho intramolecular Hbond substituents is 1. The second kappa shape index (κ2) is 11.3. The van der Waals surface area contributed by atoms with Gasteiger partial charge in [-0.05, 0) is 78.4 Å². The molecule has 3 aromatic carbocycles. The van der Waals surface area contributed by atoms with Crippen molar-refractivity contribution in [3.8, 4) is 11.5 Å². The molecule has 0 radical (unpaired) electrons. The predicted molar refractivity (Wildman–Crippen MR) is 170 cm³/mol. The van der Waals surface area contributed by atoms with Crippen LogP contribution in [0.25, 0.3) is 0 Å². The zero-order valence-corrected chi connectivity index (χ0v) is 26.7. The molecule has 0 bridgehead atoms. The molecule has 1 saturated carbocycles. The highest BCUT2D eigenvalue weighted by Crippen LogP contribution is 2.64. The first-order valence-corrected chi connectivity index (χ1v) is 15.8. The molecule has 246 valence electrons. The number of carbonyl (C=O) groups is 5. The van der Waals surface area contributed by atoms with Gasteiger partial charge in [0.25, 0.3) is 11.8 Å². The Kier molecular flexibility index (Phi) is 7.48. The molecule has 2 aliphatic carbocycles. The third-order valence-corrected chi connectivity index (χ3v) is 10.6. The van der Waals surface area contributed by atoms with Gasteiger partial charge in [0, 0.05) is 10.9 Å². The number of nitrogens with zero attached hydrogens (tertiary/aromatic N) is 2. The first kappa shape index (κ1) is 31.6. The van der Waals surface area contributed by atoms with E-state index in [1.165, 1.54) is 43.5 Å². The van der Waals surface area contributed by atoms with Crippen LogP contribution in [0.3, 0.4) is 0 Å². The van der Waals surface area contributed by atoms with Crippen molar-refractivity contribution in [2.75, 3.05) is 12.5 Å². The monoisotopic (exact) mass is 692 g/mol. The topological polar surface area (TPSA) is 159 Å². The highest BCUT2D eigenvalue weighted by Gasteiger charge is 2.70. The van der Waals surface area contributed by atoms with E-state index in [0.717, 1.165) is 5.01 Å². The van der Waals surface area contributed by atoms with Crippen molar-refractivity contribution in [3.63, 3.8) is 0 Å². The van der Waals surface area contributed by atoms with Gasteiger partial charge < -0.3 is 15.6 Å². The number of hydrogen-bond donors (Lipinski definition) is 3. The molecule has 2 saturated heterocycles. The maximum atomic E-state index is 15.1. The number of anilines is 1. The number of likely N-dealkylation sites (tertiary alicyclic amines) is 1. The van der Waals surface area contributed by atoms with Crippen LogP contribution in [-0.4, -0.2) is 51.8 Å². The van der Waals surface area contributed by atoms with Crippen molar-refractivity contribution in [2.45, 2.75) is 24.2 Å². The Morgan fingerprint density at radius 3 is 2.33 bits per heavy atom. The summed E-state index contributed by atoms with van der Waals surface area (Å²) in [5.41, 5.74) is 8.27. The molecule has 0 spiro atoms. The number of imide groups is 4. The van der Waals surface area contributed by atoms with Crippen LogP contribution in [0.5, 0.6) is 11.5 Å². The molecule has 4 aliphatic rings. The second-order valence-electron chi connectivity index (χ2n) is 12.3. The van der Waals surface area contributed by atoms with E-state index in [1.54, 1.807) is 30.3 Å². The number of aromatic hydroxyl groups is 1. The van der Waals surface area contributed by atoms with Crippen LogP contribution in [0.1, 0.15) is 29.9 Å². The SMILES string of the molecule is COc1cc([C@H]2C3=CC[C@@H]4C(=O)N(C(N)=O)C(=O)[C@@H]4[C@@H]3C[C@H]3C(=O)N(Nc4ccc(F)cc4)C(=O)[C@@]23c2ccc(Cl)cc2)cc(Cl)c1O. The fraction of sp³-hybridized carbons (Fsp3) is 0.265. The van der Waals surface area contributed by atoms with Crippen molar-refractivity contribution < 1.29 is 38.2 Å². The van der Waals surface area contributed by atoms with Gasteiger partial charge in [-0.1, -0.05) is 47.0 Å². The summed E-state index contributed by atoms with van der Waals surface area (Å²) < 4.78 is 19.2. The molecule has 2 aliphatic heterocycles. The number of amides is 6. The molecule has 3 fully saturated rings. The Hall–Kier alpha value is -4.94. The normalized spacial score (nSPS) is 27.8. The summed E-state index contributed by atoms with van der Waals surface area (Å²) in [4.78, 5) is 69.3. The Morgan fingerprint density at radius 1 is 1.00 bits per heavy atom. The molecule has 14 heteroatoms. The minimum atomic E-state index is -1.68. The third kappa shape index (κ3) is 4.42. The molecule has 2 heterocycles. The van der Waals surface area contributed by atoms with Crippen molar-refractivity contribution >= 4 is 58.5 Å². The van der Waals surface area contributed by atoms with Crippen molar-refractivity contribution in [3.05, 3.63) is 99.3 Å². The van der Waals surface area contributed by atoms with Gasteiger partial charge >= 0.3 is 6.03 Å². The molecule has 48 heavy (non-hydrogen) atoms. The molecular formula is C34H27Cl2FN4O7. The zero-order chi connectivity index (χ0) is 34.2. The average molecular weight is 694 g/mol. The van der Waals surface area contributed by atoms with Crippen LogP contribution in [0.4, 0.5) is 14.9 Å². The standard InChI is InChI=1S/C34H27Cl2FN4O7/c1-48-25-13-15(12-24(36)28(25)42)27-20-10-11-21-26(31(45)40(29(21)43)33(38)47)22(20)14-23-30(44)41(39-19-8-6-18(37)7-9-19)32(46)34(23,27)16-2-4-17(35)5-3-16/h2-10,12-13,21-23,26-27,39,42H,11,14H2,1H3,(H2,38,47)/t21-,22+,23-,26-,27-,34+/m0/s1. The third-order valence-electron chi connectivity index (χ3n) is 10.1. The van der Waals surface area contributed by atoms with Crippen LogP contribution in [0.15, 0.2) is 72.3 Å². The van der Waals surface area contributed by atoms with Gasteiger partial charge in [0.15, 0.2) is 11.5 Å². The molecule has 3 aromatic rings. The van der Waals surface area contributed by atoms with Crippen molar-refractivity contribution in [1.29, 1.82) is 0 Å². The molecule has 11 nitrogen and oxygen atoms in total. The average Bonchev–Trinajstić information content (AvgIpc) is 3.44. The summed E-state index contributed by atoms with van der Waals surface area (Å²) in [7, 11) is 1.33. The Bertz CT molecular complexity index is 1950. The van der Waals surface area contributed by atoms with Crippen LogP contribution in [0.2, 0.25) is 10.0 Å². The molecule has 6 atom stereocenters. The largest absolute Gasteiger partial charge is 0.503 e. The summed E-state index contributed by atoms with van der Waals surface area (Å²) in [5.74, 6) is -8.48. The van der Waals surface area contributed by atoms with Gasteiger partial charge in [-0.3, -0.25) is 24.6 Å². The number of rotatable bonds is 5. The van der Waals surface area contributed by atoms with E-state index in [9.17, 15) is 28.7 Å². The van der Waals surface area contributed by atoms with E-state index in [4.69, 9.17) is 33.7 Å². The van der Waals surface area contributed by atoms with E-state index >= 15 is 4.79 Å². The molecule has 6 amide bonds. The lowest BCUT2D eigenvalue weighted by Gasteiger charge is -2.50. The number of hydrogen-bond acceptors (Lipinski definition) is 8. The minimum absolute atomic E-state index is 0.00167. The van der Waals surface area contributed by atoms with Crippen LogP contribution in [-0.2, 0) is 24.6 Å². The van der Waals surface area contributed by atoms with E-state index in [-0.39, 0.29) is 35.1 Å². The Labute approximate surface area is 283 Å². The smallest absolute Gasteiger partial charge is 0.328 e. The molecule has 4 N–H and O–H groups in total. The lowest BCUT2D eigenvalue weighted by atomic mass is 9.49. The highest BCUT2D eigenvalue weighted by atomic mass is 35.5. The number of allylic oxidation sites excluding steroid dienone is 2. The van der Waals surface area contributed by atoms with Gasteiger partial charge in [0.2, 0.25) is 11.8 Å². The summed E-state index contributed by atoms with van der Waals surface area (Å²) in [6.45, 7) is 0. The number of primary amides is 1. The predicted octanol–water partition coefficient (Wildman–Crippen LogP) is 4.91. The van der Waals surface area contributed by atoms with E-state index < -0.39 is 70.5 Å². The van der Waals surface area contributed by atoms with Gasteiger partial charge in [0.05, 0.1) is 41.0 Å². The van der Waals surface area contributed by atoms with Crippen molar-refractivity contribution in [1.82, 2.24) is 9.91 Å². The number of benzene rings is 3. The first-order chi connectivity index (χ1) is 22.9. The van der Waals surface area contributed by atoms with Gasteiger partial charge in [-0.15, -0.1) is 0 Å². The van der Waals surface area contributed by atoms with Crippen molar-refractivity contribution in [2.24, 2.45) is 29.4 Å². The van der Waals surface area contributed by atoms with Gasteiger partial charge in [-0.25, -0.2) is 9.18 Å². The summed E-state index contributed by atoms with van der Waals surface area (Å²) in [6.07, 6.45) is 1.79.